The van der Waals surface area contributed by atoms with Gasteiger partial charge in [0.1, 0.15) is 12.4 Å². The molecule has 1 aliphatic heterocycles. The lowest BCUT2D eigenvalue weighted by atomic mass is 9.96. The molecule has 0 fully saturated rings. The predicted molar refractivity (Wildman–Crippen MR) is 170 cm³/mol. The van der Waals surface area contributed by atoms with Crippen LogP contribution in [0.2, 0.25) is 10.0 Å². The summed E-state index contributed by atoms with van der Waals surface area (Å²) in [6.45, 7) is 5.61. The van der Waals surface area contributed by atoms with Gasteiger partial charge >= 0.3 is 5.97 Å². The summed E-state index contributed by atoms with van der Waals surface area (Å²) in [4.78, 5) is 33.6. The zero-order valence-corrected chi connectivity index (χ0v) is 26.5. The molecule has 10 heteroatoms. The van der Waals surface area contributed by atoms with Crippen LogP contribution in [0, 0.1) is 0 Å². The van der Waals surface area contributed by atoms with Gasteiger partial charge in [-0.25, -0.2) is 9.79 Å². The van der Waals surface area contributed by atoms with Crippen molar-refractivity contribution in [2.75, 3.05) is 6.26 Å². The minimum absolute atomic E-state index is 0.231. The molecule has 0 aliphatic carbocycles. The van der Waals surface area contributed by atoms with Crippen molar-refractivity contribution in [3.8, 4) is 5.75 Å². The highest BCUT2D eigenvalue weighted by Crippen LogP contribution is 2.32. The van der Waals surface area contributed by atoms with Crippen molar-refractivity contribution in [2.45, 2.75) is 44.4 Å². The minimum Gasteiger partial charge on any atom is -0.488 e. The summed E-state index contributed by atoms with van der Waals surface area (Å²) < 4.78 is 13.8. The zero-order chi connectivity index (χ0) is 30.0. The van der Waals surface area contributed by atoms with Crippen LogP contribution in [0.1, 0.15) is 43.5 Å². The molecule has 3 aromatic carbocycles. The molecule has 5 rings (SSSR count). The van der Waals surface area contributed by atoms with Gasteiger partial charge in [-0.2, -0.15) is 0 Å². The quantitative estimate of drug-likeness (QED) is 0.157. The molecule has 2 heterocycles. The number of hydrogen-bond donors (Lipinski definition) is 0. The topological polar surface area (TPSA) is 69.9 Å². The minimum atomic E-state index is -0.677. The lowest BCUT2D eigenvalue weighted by Gasteiger charge is -2.25. The fourth-order valence-electron chi connectivity index (χ4n) is 4.63. The van der Waals surface area contributed by atoms with E-state index in [1.54, 1.807) is 55.3 Å². The Kier molecular flexibility index (Phi) is 9.28. The van der Waals surface area contributed by atoms with E-state index in [-0.39, 0.29) is 18.3 Å². The molecule has 0 spiro atoms. The summed E-state index contributed by atoms with van der Waals surface area (Å²) in [5.74, 6) is 0.106. The number of nitrogens with zero attached hydrogens (tertiary/aromatic N) is 2. The van der Waals surface area contributed by atoms with Crippen LogP contribution in [-0.4, -0.2) is 22.9 Å². The number of aromatic nitrogens is 1. The summed E-state index contributed by atoms with van der Waals surface area (Å²) in [6.07, 6.45) is 3.47. The van der Waals surface area contributed by atoms with Gasteiger partial charge in [0.2, 0.25) is 0 Å². The number of ether oxygens (including phenoxy) is 2. The molecule has 216 valence electrons. The average Bonchev–Trinajstić information content (AvgIpc) is 3.26. The van der Waals surface area contributed by atoms with E-state index < -0.39 is 12.0 Å². The third kappa shape index (κ3) is 6.37. The first-order chi connectivity index (χ1) is 20.2. The fraction of sp³-hybridized carbons (Fsp3) is 0.219. The Morgan fingerprint density at radius 2 is 1.86 bits per heavy atom. The number of carbonyl (C=O) groups excluding carboxylic acids is 1. The van der Waals surface area contributed by atoms with E-state index >= 15 is 0 Å². The summed E-state index contributed by atoms with van der Waals surface area (Å²) in [7, 11) is 0. The number of halogens is 2. The highest BCUT2D eigenvalue weighted by atomic mass is 35.5. The van der Waals surface area contributed by atoms with Gasteiger partial charge < -0.3 is 9.47 Å². The summed E-state index contributed by atoms with van der Waals surface area (Å²) in [5, 5.41) is 1.06. The molecule has 0 saturated carbocycles. The lowest BCUT2D eigenvalue weighted by Crippen LogP contribution is -2.40. The Hall–Kier alpha value is -3.30. The van der Waals surface area contributed by atoms with E-state index in [0.29, 0.717) is 36.4 Å². The molecule has 1 aliphatic rings. The van der Waals surface area contributed by atoms with Gasteiger partial charge in [-0.15, -0.1) is 11.8 Å². The Balaban J connectivity index is 1.59. The smallest absolute Gasteiger partial charge is 0.338 e. The Morgan fingerprint density at radius 1 is 1.12 bits per heavy atom. The van der Waals surface area contributed by atoms with Gasteiger partial charge in [0.05, 0.1) is 27.9 Å². The second kappa shape index (κ2) is 12.9. The summed E-state index contributed by atoms with van der Waals surface area (Å²) in [6, 6.07) is 19.9. The van der Waals surface area contributed by atoms with Crippen LogP contribution in [0.15, 0.2) is 92.7 Å². The number of rotatable bonds is 8. The monoisotopic (exact) mass is 638 g/mol. The number of allylic oxidation sites excluding steroid dienone is 1. The van der Waals surface area contributed by atoms with Crippen LogP contribution >= 0.6 is 46.3 Å². The predicted octanol–water partition coefficient (Wildman–Crippen LogP) is 6.79. The molecule has 4 aromatic rings. The zero-order valence-electron chi connectivity index (χ0n) is 23.4. The van der Waals surface area contributed by atoms with Crippen LogP contribution in [-0.2, 0) is 16.1 Å². The highest BCUT2D eigenvalue weighted by molar-refractivity contribution is 7.98. The van der Waals surface area contributed by atoms with Crippen molar-refractivity contribution in [3.05, 3.63) is 124 Å². The molecule has 0 saturated heterocycles. The molecule has 1 aromatic heterocycles. The van der Waals surface area contributed by atoms with E-state index in [4.69, 9.17) is 32.7 Å². The number of thioether (sulfide) groups is 1. The van der Waals surface area contributed by atoms with E-state index in [1.807, 2.05) is 60.9 Å². The molecule has 0 amide bonds. The highest BCUT2D eigenvalue weighted by Gasteiger charge is 2.33. The molecule has 0 radical (unpaired) electrons. The van der Waals surface area contributed by atoms with Crippen molar-refractivity contribution in [2.24, 2.45) is 4.99 Å². The first-order valence-electron chi connectivity index (χ1n) is 13.2. The first-order valence-corrected chi connectivity index (χ1v) is 16.0. The van der Waals surface area contributed by atoms with Gasteiger partial charge in [-0.05, 0) is 69.0 Å². The molecule has 42 heavy (non-hydrogen) atoms. The van der Waals surface area contributed by atoms with Crippen LogP contribution in [0.5, 0.6) is 5.75 Å². The van der Waals surface area contributed by atoms with Crippen molar-refractivity contribution < 1.29 is 14.3 Å². The van der Waals surface area contributed by atoms with Gasteiger partial charge in [0.25, 0.3) is 5.56 Å². The third-order valence-corrected chi connectivity index (χ3v) is 8.93. The van der Waals surface area contributed by atoms with Gasteiger partial charge in [0, 0.05) is 26.1 Å². The summed E-state index contributed by atoms with van der Waals surface area (Å²) >= 11 is 15.3. The second-order valence-corrected chi connectivity index (χ2v) is 12.6. The van der Waals surface area contributed by atoms with Gasteiger partial charge in [0.15, 0.2) is 4.80 Å². The van der Waals surface area contributed by atoms with Crippen molar-refractivity contribution >= 4 is 58.3 Å². The first kappa shape index (κ1) is 30.2. The Labute approximate surface area is 261 Å². The molecule has 0 bridgehead atoms. The normalized spacial score (nSPS) is 15.0. The number of esters is 1. The Bertz CT molecular complexity index is 1860. The van der Waals surface area contributed by atoms with Gasteiger partial charge in [-0.1, -0.05) is 70.9 Å². The molecular formula is C32H28Cl2N2O4S2. The second-order valence-electron chi connectivity index (χ2n) is 9.87. The van der Waals surface area contributed by atoms with Crippen molar-refractivity contribution in [3.63, 3.8) is 0 Å². The van der Waals surface area contributed by atoms with Crippen LogP contribution in [0.3, 0.4) is 0 Å². The molecule has 0 unspecified atom stereocenters. The number of carbonyl (C=O) groups is 1. The number of thiazole rings is 1. The van der Waals surface area contributed by atoms with Crippen LogP contribution in [0.4, 0.5) is 0 Å². The number of benzene rings is 3. The largest absolute Gasteiger partial charge is 0.488 e. The van der Waals surface area contributed by atoms with E-state index in [0.717, 1.165) is 21.6 Å². The summed E-state index contributed by atoms with van der Waals surface area (Å²) in [5.41, 5.74) is 2.94. The number of fused-ring (bicyclic) bond motifs is 1. The number of hydrogen-bond acceptors (Lipinski definition) is 7. The van der Waals surface area contributed by atoms with E-state index in [9.17, 15) is 9.59 Å². The molecule has 0 N–H and O–H groups in total. The lowest BCUT2D eigenvalue weighted by molar-refractivity contribution is -0.143. The number of para-hydroxylation sites is 1. The van der Waals surface area contributed by atoms with E-state index in [1.165, 1.54) is 11.3 Å². The van der Waals surface area contributed by atoms with Gasteiger partial charge in [-0.3, -0.25) is 9.36 Å². The maximum Gasteiger partial charge on any atom is 0.338 e. The maximum atomic E-state index is 14.0. The van der Waals surface area contributed by atoms with Crippen molar-refractivity contribution in [1.29, 1.82) is 0 Å². The molecular weight excluding hydrogens is 611 g/mol. The standard InChI is InChI=1S/C32H28Cl2N2O4S2/c1-18(2)40-31(38)28-19(3)35-32-36(29(28)20-10-13-24(41-4)14-11-20)30(37)27(42-32)15-21-7-5-6-8-26(21)39-17-22-9-12-23(33)16-25(22)34/h5-16,18,29H,17H2,1-4H3/b27-15+/t29-/m0/s1. The average molecular weight is 640 g/mol. The maximum absolute atomic E-state index is 14.0. The molecule has 1 atom stereocenters. The Morgan fingerprint density at radius 3 is 2.55 bits per heavy atom. The van der Waals surface area contributed by atoms with Crippen LogP contribution < -0.4 is 19.6 Å². The third-order valence-electron chi connectivity index (χ3n) is 6.62. The van der Waals surface area contributed by atoms with E-state index in [2.05, 4.69) is 4.99 Å². The fourth-order valence-corrected chi connectivity index (χ4v) is 6.54. The molecule has 6 nitrogen and oxygen atoms in total. The SMILES string of the molecule is CSc1ccc([C@H]2C(C(=O)OC(C)C)=C(C)N=c3s/c(=C/c4ccccc4OCc4ccc(Cl)cc4Cl)c(=O)n32)cc1. The van der Waals surface area contributed by atoms with Crippen molar-refractivity contribution in [1.82, 2.24) is 4.57 Å². The van der Waals surface area contributed by atoms with Crippen LogP contribution in [0.25, 0.3) is 6.08 Å².